The zero-order valence-electron chi connectivity index (χ0n) is 17.0. The lowest BCUT2D eigenvalue weighted by atomic mass is 10.0. The van der Waals surface area contributed by atoms with Crippen molar-refractivity contribution in [3.05, 3.63) is 96.2 Å². The Morgan fingerprint density at radius 3 is 2.71 bits per heavy atom. The SMILES string of the molecule is O=C(c1ccccc1Cn1cccn1)N1CCC[C@@H]1c1ccnc(-c2ccccn2)n1. The Morgan fingerprint density at radius 1 is 0.968 bits per heavy atom. The number of pyridine rings is 1. The van der Waals surface area contributed by atoms with Crippen molar-refractivity contribution >= 4 is 5.91 Å². The van der Waals surface area contributed by atoms with Crippen LogP contribution in [0.3, 0.4) is 0 Å². The van der Waals surface area contributed by atoms with E-state index in [1.54, 1.807) is 18.6 Å². The summed E-state index contributed by atoms with van der Waals surface area (Å²) >= 11 is 0. The summed E-state index contributed by atoms with van der Waals surface area (Å²) in [5, 5.41) is 4.28. The maximum Gasteiger partial charge on any atom is 0.254 e. The molecule has 0 bridgehead atoms. The molecule has 1 fully saturated rings. The van der Waals surface area contributed by atoms with Gasteiger partial charge in [-0.2, -0.15) is 5.10 Å². The molecule has 0 radical (unpaired) electrons. The quantitative estimate of drug-likeness (QED) is 0.501. The van der Waals surface area contributed by atoms with Gasteiger partial charge in [0, 0.05) is 36.9 Å². The second-order valence-corrected chi connectivity index (χ2v) is 7.54. The number of carbonyl (C=O) groups is 1. The van der Waals surface area contributed by atoms with Gasteiger partial charge in [-0.05, 0) is 48.7 Å². The normalized spacial score (nSPS) is 15.9. The van der Waals surface area contributed by atoms with Gasteiger partial charge in [-0.15, -0.1) is 0 Å². The van der Waals surface area contributed by atoms with Crippen LogP contribution in [0.4, 0.5) is 0 Å². The van der Waals surface area contributed by atoms with Gasteiger partial charge < -0.3 is 4.90 Å². The van der Waals surface area contributed by atoms with E-state index in [4.69, 9.17) is 4.98 Å². The molecule has 7 nitrogen and oxygen atoms in total. The van der Waals surface area contributed by atoms with Crippen LogP contribution in [0.2, 0.25) is 0 Å². The average molecular weight is 410 g/mol. The Hall–Kier alpha value is -3.87. The number of carbonyl (C=O) groups excluding carboxylic acids is 1. The summed E-state index contributed by atoms with van der Waals surface area (Å²) in [4.78, 5) is 29.0. The first-order valence-electron chi connectivity index (χ1n) is 10.4. The largest absolute Gasteiger partial charge is 0.330 e. The molecule has 1 saturated heterocycles. The molecular weight excluding hydrogens is 388 g/mol. The van der Waals surface area contributed by atoms with Gasteiger partial charge in [-0.25, -0.2) is 9.97 Å². The maximum atomic E-state index is 13.6. The van der Waals surface area contributed by atoms with Crippen LogP contribution in [-0.4, -0.2) is 42.1 Å². The molecule has 1 aliphatic rings. The highest BCUT2D eigenvalue weighted by Crippen LogP contribution is 2.33. The van der Waals surface area contributed by atoms with Gasteiger partial charge in [0.05, 0.1) is 18.3 Å². The third-order valence-electron chi connectivity index (χ3n) is 5.57. The van der Waals surface area contributed by atoms with Gasteiger partial charge in [-0.1, -0.05) is 24.3 Å². The first-order valence-corrected chi connectivity index (χ1v) is 10.4. The fourth-order valence-electron chi connectivity index (χ4n) is 4.08. The van der Waals surface area contributed by atoms with Crippen LogP contribution < -0.4 is 0 Å². The van der Waals surface area contributed by atoms with Crippen molar-refractivity contribution < 1.29 is 4.79 Å². The van der Waals surface area contributed by atoms with E-state index in [2.05, 4.69) is 15.1 Å². The molecule has 154 valence electrons. The topological polar surface area (TPSA) is 76.8 Å². The minimum absolute atomic E-state index is 0.0308. The molecule has 0 N–H and O–H groups in total. The second-order valence-electron chi connectivity index (χ2n) is 7.54. The highest BCUT2D eigenvalue weighted by molar-refractivity contribution is 5.96. The molecule has 0 saturated carbocycles. The first-order chi connectivity index (χ1) is 15.3. The smallest absolute Gasteiger partial charge is 0.254 e. The van der Waals surface area contributed by atoms with E-state index in [9.17, 15) is 4.79 Å². The van der Waals surface area contributed by atoms with Crippen molar-refractivity contribution in [3.8, 4) is 11.5 Å². The van der Waals surface area contributed by atoms with Crippen LogP contribution >= 0.6 is 0 Å². The Morgan fingerprint density at radius 2 is 1.87 bits per heavy atom. The second kappa shape index (κ2) is 8.47. The molecule has 1 atom stereocenters. The number of rotatable bonds is 5. The van der Waals surface area contributed by atoms with Crippen molar-refractivity contribution in [1.82, 2.24) is 29.6 Å². The average Bonchev–Trinajstić information content (AvgIpc) is 3.52. The van der Waals surface area contributed by atoms with E-state index in [1.165, 1.54) is 0 Å². The number of hydrogen-bond acceptors (Lipinski definition) is 5. The van der Waals surface area contributed by atoms with Crippen molar-refractivity contribution in [1.29, 1.82) is 0 Å². The molecule has 4 aromatic rings. The van der Waals surface area contributed by atoms with E-state index < -0.39 is 0 Å². The summed E-state index contributed by atoms with van der Waals surface area (Å²) < 4.78 is 1.83. The number of amides is 1. The number of likely N-dealkylation sites (tertiary alicyclic amines) is 1. The van der Waals surface area contributed by atoms with E-state index >= 15 is 0 Å². The number of nitrogens with zero attached hydrogens (tertiary/aromatic N) is 6. The van der Waals surface area contributed by atoms with Crippen LogP contribution in [0.25, 0.3) is 11.5 Å². The van der Waals surface area contributed by atoms with Gasteiger partial charge >= 0.3 is 0 Å². The summed E-state index contributed by atoms with van der Waals surface area (Å²) in [7, 11) is 0. The van der Waals surface area contributed by atoms with Crippen molar-refractivity contribution in [2.45, 2.75) is 25.4 Å². The standard InChI is InChI=1S/C24H22N6O/c31-24(19-8-2-1-7-18(19)17-29-15-6-13-27-29)30-16-5-10-22(30)20-11-14-26-23(28-20)21-9-3-4-12-25-21/h1-4,6-9,11-15,22H,5,10,16-17H2/t22-/m1/s1. The zero-order valence-corrected chi connectivity index (χ0v) is 17.0. The van der Waals surface area contributed by atoms with Gasteiger partial charge in [0.25, 0.3) is 5.91 Å². The molecule has 1 aliphatic heterocycles. The van der Waals surface area contributed by atoms with Gasteiger partial charge in [-0.3, -0.25) is 14.5 Å². The molecule has 4 heterocycles. The lowest BCUT2D eigenvalue weighted by Crippen LogP contribution is -2.32. The van der Waals surface area contributed by atoms with E-state index in [-0.39, 0.29) is 11.9 Å². The van der Waals surface area contributed by atoms with E-state index in [0.717, 1.165) is 29.8 Å². The van der Waals surface area contributed by atoms with Crippen LogP contribution in [-0.2, 0) is 6.54 Å². The van der Waals surface area contributed by atoms with Gasteiger partial charge in [0.2, 0.25) is 0 Å². The van der Waals surface area contributed by atoms with Crippen LogP contribution in [0, 0.1) is 0 Å². The van der Waals surface area contributed by atoms with Crippen molar-refractivity contribution in [2.24, 2.45) is 0 Å². The molecule has 0 spiro atoms. The molecule has 0 unspecified atom stereocenters. The minimum Gasteiger partial charge on any atom is -0.330 e. The maximum absolute atomic E-state index is 13.6. The zero-order chi connectivity index (χ0) is 21.0. The summed E-state index contributed by atoms with van der Waals surface area (Å²) in [6.07, 6.45) is 8.95. The van der Waals surface area contributed by atoms with Gasteiger partial charge in [0.1, 0.15) is 5.69 Å². The van der Waals surface area contributed by atoms with Crippen LogP contribution in [0.15, 0.2) is 79.4 Å². The highest BCUT2D eigenvalue weighted by Gasteiger charge is 2.32. The molecule has 0 aliphatic carbocycles. The Kier molecular flexibility index (Phi) is 5.22. The summed E-state index contributed by atoms with van der Waals surface area (Å²) in [6.45, 7) is 1.27. The summed E-state index contributed by atoms with van der Waals surface area (Å²) in [5.74, 6) is 0.611. The molecule has 3 aromatic heterocycles. The van der Waals surface area contributed by atoms with Crippen molar-refractivity contribution in [3.63, 3.8) is 0 Å². The fourth-order valence-corrected chi connectivity index (χ4v) is 4.08. The molecule has 7 heteroatoms. The fraction of sp³-hybridized carbons (Fsp3) is 0.208. The van der Waals surface area contributed by atoms with Crippen molar-refractivity contribution in [2.75, 3.05) is 6.54 Å². The number of aromatic nitrogens is 5. The lowest BCUT2D eigenvalue weighted by Gasteiger charge is -2.25. The Bertz CT molecular complexity index is 1180. The molecular formula is C24H22N6O. The third-order valence-corrected chi connectivity index (χ3v) is 5.57. The minimum atomic E-state index is -0.0734. The predicted molar refractivity (Wildman–Crippen MR) is 116 cm³/mol. The third kappa shape index (κ3) is 3.94. The van der Waals surface area contributed by atoms with Crippen LogP contribution in [0.5, 0.6) is 0 Å². The molecule has 5 rings (SSSR count). The highest BCUT2D eigenvalue weighted by atomic mass is 16.2. The van der Waals surface area contributed by atoms with E-state index in [0.29, 0.717) is 24.5 Å². The Labute approximate surface area is 180 Å². The van der Waals surface area contributed by atoms with Crippen LogP contribution in [0.1, 0.15) is 40.5 Å². The summed E-state index contributed by atoms with van der Waals surface area (Å²) in [5.41, 5.74) is 3.25. The predicted octanol–water partition coefficient (Wildman–Crippen LogP) is 3.76. The van der Waals surface area contributed by atoms with E-state index in [1.807, 2.05) is 70.4 Å². The number of benzene rings is 1. The molecule has 31 heavy (non-hydrogen) atoms. The first kappa shape index (κ1) is 19.1. The Balaban J connectivity index is 1.43. The van der Waals surface area contributed by atoms with Gasteiger partial charge in [0.15, 0.2) is 5.82 Å². The number of hydrogen-bond donors (Lipinski definition) is 0. The molecule has 1 aromatic carbocycles. The monoisotopic (exact) mass is 410 g/mol. The summed E-state index contributed by atoms with van der Waals surface area (Å²) in [6, 6.07) is 17.1. The molecule has 1 amide bonds. The lowest BCUT2D eigenvalue weighted by molar-refractivity contribution is 0.0731.